The Morgan fingerprint density at radius 3 is 2.58 bits per heavy atom. The molecule has 164 valence electrons. The summed E-state index contributed by atoms with van der Waals surface area (Å²) < 4.78 is 16.8. The molecule has 1 atom stereocenters. The van der Waals surface area contributed by atoms with Gasteiger partial charge >= 0.3 is 0 Å². The molecule has 1 saturated heterocycles. The van der Waals surface area contributed by atoms with E-state index in [0.29, 0.717) is 11.5 Å². The lowest BCUT2D eigenvalue weighted by atomic mass is 10.0. The van der Waals surface area contributed by atoms with Gasteiger partial charge in [-0.2, -0.15) is 0 Å². The number of benzene rings is 2. The second-order valence-electron chi connectivity index (χ2n) is 8.03. The van der Waals surface area contributed by atoms with Gasteiger partial charge in [-0.15, -0.1) is 0 Å². The van der Waals surface area contributed by atoms with Crippen molar-refractivity contribution in [3.05, 3.63) is 53.1 Å². The van der Waals surface area contributed by atoms with Crippen LogP contribution in [0.4, 0.5) is 0 Å². The number of hydrogen-bond donors (Lipinski definition) is 0. The first-order chi connectivity index (χ1) is 15.0. The van der Waals surface area contributed by atoms with Gasteiger partial charge in [0.05, 0.1) is 13.7 Å². The van der Waals surface area contributed by atoms with Crippen molar-refractivity contribution in [1.82, 2.24) is 9.80 Å². The Bertz CT molecular complexity index is 974. The standard InChI is InChI=1S/C24H28N2O5/c1-16(18-5-7-20-19(13-18)10-11-30-20)25(2)14-17-4-6-21(22(12-17)29-3)31-15-26-23(27)8-9-24(26)28/h4-7,12-13,16H,8-11,14-15H2,1-3H3. The van der Waals surface area contributed by atoms with Crippen LogP contribution in [0.5, 0.6) is 17.2 Å². The maximum Gasteiger partial charge on any atom is 0.232 e. The lowest BCUT2D eigenvalue weighted by Gasteiger charge is -2.26. The van der Waals surface area contributed by atoms with E-state index in [2.05, 4.69) is 37.1 Å². The van der Waals surface area contributed by atoms with Gasteiger partial charge in [0, 0.05) is 31.8 Å². The Hall–Kier alpha value is -3.06. The highest BCUT2D eigenvalue weighted by atomic mass is 16.5. The SMILES string of the molecule is COc1cc(CN(C)C(C)c2ccc3c(c2)CCO3)ccc1OCN1C(=O)CCC1=O. The van der Waals surface area contributed by atoms with Gasteiger partial charge in [-0.1, -0.05) is 18.2 Å². The quantitative estimate of drug-likeness (QED) is 0.606. The number of carbonyl (C=O) groups excluding carboxylic acids is 2. The molecule has 2 aromatic carbocycles. The molecule has 31 heavy (non-hydrogen) atoms. The van der Waals surface area contributed by atoms with Gasteiger partial charge in [-0.3, -0.25) is 14.5 Å². The summed E-state index contributed by atoms with van der Waals surface area (Å²) in [5.41, 5.74) is 3.62. The van der Waals surface area contributed by atoms with Crippen LogP contribution in [-0.2, 0) is 22.6 Å². The molecular formula is C24H28N2O5. The highest BCUT2D eigenvalue weighted by Crippen LogP contribution is 2.32. The summed E-state index contributed by atoms with van der Waals surface area (Å²) >= 11 is 0. The highest BCUT2D eigenvalue weighted by molar-refractivity contribution is 6.01. The molecule has 4 rings (SSSR count). The number of fused-ring (bicyclic) bond motifs is 1. The Morgan fingerprint density at radius 1 is 1.06 bits per heavy atom. The summed E-state index contributed by atoms with van der Waals surface area (Å²) in [5, 5.41) is 0. The van der Waals surface area contributed by atoms with E-state index in [1.807, 2.05) is 18.2 Å². The van der Waals surface area contributed by atoms with E-state index in [1.54, 1.807) is 7.11 Å². The molecule has 2 aliphatic heterocycles. The first kappa shape index (κ1) is 21.2. The van der Waals surface area contributed by atoms with Gasteiger partial charge in [0.25, 0.3) is 0 Å². The second kappa shape index (κ2) is 8.98. The number of amides is 2. The van der Waals surface area contributed by atoms with E-state index in [4.69, 9.17) is 14.2 Å². The molecule has 2 amide bonds. The van der Waals surface area contributed by atoms with Gasteiger partial charge in [-0.25, -0.2) is 4.90 Å². The third-order valence-electron chi connectivity index (χ3n) is 6.02. The Balaban J connectivity index is 1.41. The summed E-state index contributed by atoms with van der Waals surface area (Å²) in [6, 6.07) is 12.4. The number of rotatable bonds is 8. The van der Waals surface area contributed by atoms with Crippen molar-refractivity contribution in [1.29, 1.82) is 0 Å². The predicted octanol–water partition coefficient (Wildman–Crippen LogP) is 3.31. The van der Waals surface area contributed by atoms with Gasteiger partial charge in [0.1, 0.15) is 5.75 Å². The minimum Gasteiger partial charge on any atom is -0.493 e. The third-order valence-corrected chi connectivity index (χ3v) is 6.02. The molecule has 2 aliphatic rings. The van der Waals surface area contributed by atoms with Crippen LogP contribution in [0.1, 0.15) is 42.5 Å². The van der Waals surface area contributed by atoms with Gasteiger partial charge in [0.2, 0.25) is 11.8 Å². The lowest BCUT2D eigenvalue weighted by Crippen LogP contribution is -2.32. The summed E-state index contributed by atoms with van der Waals surface area (Å²) in [6.07, 6.45) is 1.47. The van der Waals surface area contributed by atoms with Crippen LogP contribution in [0.25, 0.3) is 0 Å². The molecule has 2 heterocycles. The molecule has 1 unspecified atom stereocenters. The average molecular weight is 424 g/mol. The zero-order chi connectivity index (χ0) is 22.0. The fourth-order valence-corrected chi connectivity index (χ4v) is 3.98. The summed E-state index contributed by atoms with van der Waals surface area (Å²) in [7, 11) is 3.67. The molecule has 0 N–H and O–H groups in total. The molecule has 7 heteroatoms. The molecule has 0 spiro atoms. The van der Waals surface area contributed by atoms with Crippen LogP contribution in [-0.4, -0.2) is 49.1 Å². The first-order valence-electron chi connectivity index (χ1n) is 10.5. The van der Waals surface area contributed by atoms with E-state index in [9.17, 15) is 9.59 Å². The zero-order valence-electron chi connectivity index (χ0n) is 18.2. The first-order valence-corrected chi connectivity index (χ1v) is 10.5. The van der Waals surface area contributed by atoms with E-state index in [-0.39, 0.29) is 37.4 Å². The Morgan fingerprint density at radius 2 is 1.84 bits per heavy atom. The maximum atomic E-state index is 11.8. The topological polar surface area (TPSA) is 68.3 Å². The molecule has 0 saturated carbocycles. The van der Waals surface area contributed by atoms with Crippen molar-refractivity contribution in [2.75, 3.05) is 27.5 Å². The van der Waals surface area contributed by atoms with Crippen LogP contribution >= 0.6 is 0 Å². The molecule has 0 radical (unpaired) electrons. The average Bonchev–Trinajstić information content (AvgIpc) is 3.37. The van der Waals surface area contributed by atoms with Crippen molar-refractivity contribution < 1.29 is 23.8 Å². The largest absolute Gasteiger partial charge is 0.493 e. The maximum absolute atomic E-state index is 11.8. The van der Waals surface area contributed by atoms with Crippen molar-refractivity contribution in [3.8, 4) is 17.2 Å². The molecule has 0 aliphatic carbocycles. The van der Waals surface area contributed by atoms with Crippen LogP contribution < -0.4 is 14.2 Å². The highest BCUT2D eigenvalue weighted by Gasteiger charge is 2.29. The van der Waals surface area contributed by atoms with Crippen molar-refractivity contribution in [3.63, 3.8) is 0 Å². The molecule has 2 aromatic rings. The van der Waals surface area contributed by atoms with Crippen LogP contribution in [0.15, 0.2) is 36.4 Å². The Labute approximate surface area is 182 Å². The minimum atomic E-state index is -0.200. The summed E-state index contributed by atoms with van der Waals surface area (Å²) in [6.45, 7) is 3.59. The summed E-state index contributed by atoms with van der Waals surface area (Å²) in [4.78, 5) is 26.9. The fraction of sp³-hybridized carbons (Fsp3) is 0.417. The van der Waals surface area contributed by atoms with Crippen LogP contribution in [0.2, 0.25) is 0 Å². The molecule has 0 aromatic heterocycles. The van der Waals surface area contributed by atoms with E-state index < -0.39 is 0 Å². The number of nitrogens with zero attached hydrogens (tertiary/aromatic N) is 2. The van der Waals surface area contributed by atoms with Gasteiger partial charge in [0.15, 0.2) is 18.2 Å². The normalized spacial score (nSPS) is 16.5. The monoisotopic (exact) mass is 424 g/mol. The molecule has 0 bridgehead atoms. The minimum absolute atomic E-state index is 0.0909. The molecule has 1 fully saturated rings. The van der Waals surface area contributed by atoms with E-state index in [0.717, 1.165) is 35.8 Å². The molecular weight excluding hydrogens is 396 g/mol. The lowest BCUT2D eigenvalue weighted by molar-refractivity contribution is -0.141. The van der Waals surface area contributed by atoms with E-state index >= 15 is 0 Å². The summed E-state index contributed by atoms with van der Waals surface area (Å²) in [5.74, 6) is 1.68. The van der Waals surface area contributed by atoms with Crippen molar-refractivity contribution in [2.24, 2.45) is 0 Å². The zero-order valence-corrected chi connectivity index (χ0v) is 18.2. The number of carbonyl (C=O) groups is 2. The Kier molecular flexibility index (Phi) is 6.13. The van der Waals surface area contributed by atoms with E-state index in [1.165, 1.54) is 11.1 Å². The van der Waals surface area contributed by atoms with Crippen molar-refractivity contribution >= 4 is 11.8 Å². The third kappa shape index (κ3) is 4.51. The van der Waals surface area contributed by atoms with Crippen molar-refractivity contribution in [2.45, 2.75) is 38.8 Å². The number of methoxy groups -OCH3 is 1. The number of imide groups is 1. The predicted molar refractivity (Wildman–Crippen MR) is 115 cm³/mol. The smallest absolute Gasteiger partial charge is 0.232 e. The number of likely N-dealkylation sites (tertiary alicyclic amines) is 1. The van der Waals surface area contributed by atoms with Crippen LogP contribution in [0.3, 0.4) is 0 Å². The molecule has 7 nitrogen and oxygen atoms in total. The second-order valence-corrected chi connectivity index (χ2v) is 8.03. The number of ether oxygens (including phenoxy) is 3. The fourth-order valence-electron chi connectivity index (χ4n) is 3.98. The number of hydrogen-bond acceptors (Lipinski definition) is 6. The van der Waals surface area contributed by atoms with Gasteiger partial charge in [-0.05, 0) is 48.9 Å². The van der Waals surface area contributed by atoms with Gasteiger partial charge < -0.3 is 14.2 Å². The van der Waals surface area contributed by atoms with Crippen LogP contribution in [0, 0.1) is 0 Å².